The Kier molecular flexibility index (Phi) is 5.69. The smallest absolute Gasteiger partial charge is 0.133 e. The normalized spacial score (nSPS) is 11.7. The molecule has 3 nitrogen and oxygen atoms in total. The van der Waals surface area contributed by atoms with Crippen LogP contribution >= 0.6 is 0 Å². The number of nitrogens with zero attached hydrogens (tertiary/aromatic N) is 3. The molecule has 0 aliphatic heterocycles. The van der Waals surface area contributed by atoms with Gasteiger partial charge in [-0.25, -0.2) is 9.37 Å². The third kappa shape index (κ3) is 4.00. The maximum Gasteiger partial charge on any atom is 0.133 e. The first-order valence-corrected chi connectivity index (χ1v) is 15.0. The lowest BCUT2D eigenvalue weighted by atomic mass is 9.93. The molecule has 4 heteroatoms. The third-order valence-corrected chi connectivity index (χ3v) is 8.80. The number of hydrogen-bond acceptors (Lipinski definition) is 3. The molecule has 3 aromatic heterocycles. The summed E-state index contributed by atoms with van der Waals surface area (Å²) in [5.41, 5.74) is 6.07. The first-order valence-electron chi connectivity index (χ1n) is 15.0. The molecule has 0 radical (unpaired) electrons. The molecule has 3 heterocycles. The second-order valence-electron chi connectivity index (χ2n) is 11.3. The fourth-order valence-corrected chi connectivity index (χ4v) is 6.76. The van der Waals surface area contributed by atoms with Gasteiger partial charge >= 0.3 is 0 Å². The molecule has 0 N–H and O–H groups in total. The lowest BCUT2D eigenvalue weighted by Crippen LogP contribution is -1.95. The van der Waals surface area contributed by atoms with E-state index in [1.807, 2.05) is 36.5 Å². The maximum atomic E-state index is 15.5. The van der Waals surface area contributed by atoms with Crippen molar-refractivity contribution in [3.8, 4) is 33.8 Å². The molecule has 0 aliphatic carbocycles. The Labute approximate surface area is 258 Å². The van der Waals surface area contributed by atoms with Crippen molar-refractivity contribution in [2.75, 3.05) is 0 Å². The van der Waals surface area contributed by atoms with Crippen LogP contribution < -0.4 is 0 Å². The molecule has 0 spiro atoms. The van der Waals surface area contributed by atoms with Crippen LogP contribution in [-0.2, 0) is 0 Å². The third-order valence-electron chi connectivity index (χ3n) is 8.80. The lowest BCUT2D eigenvalue weighted by Gasteiger charge is -2.15. The minimum Gasteiger partial charge on any atom is -0.255 e. The van der Waals surface area contributed by atoms with Gasteiger partial charge in [0.25, 0.3) is 0 Å². The highest BCUT2D eigenvalue weighted by atomic mass is 19.1. The second-order valence-corrected chi connectivity index (χ2v) is 11.3. The highest BCUT2D eigenvalue weighted by Crippen LogP contribution is 2.40. The standard InChI is InChI=1S/C41H24FN3/c42-36-23-34-33(22-26-11-2-4-14-28(26)39(34)41-32(36)18-9-21-43-41)37-19-8-20-38(45-37)35-24-44-40(31-16-6-5-15-29(31)35)30-17-7-12-25-10-1-3-13-27(25)30/h1-24H. The number of aromatic nitrogens is 3. The molecule has 9 aromatic rings. The van der Waals surface area contributed by atoms with E-state index < -0.39 is 0 Å². The molecule has 6 aromatic carbocycles. The van der Waals surface area contributed by atoms with Gasteiger partial charge < -0.3 is 0 Å². The van der Waals surface area contributed by atoms with Crippen LogP contribution in [0.2, 0.25) is 0 Å². The highest BCUT2D eigenvalue weighted by Gasteiger charge is 2.18. The van der Waals surface area contributed by atoms with Gasteiger partial charge in [-0.3, -0.25) is 9.97 Å². The van der Waals surface area contributed by atoms with E-state index in [2.05, 4.69) is 89.9 Å². The molecule has 0 bridgehead atoms. The van der Waals surface area contributed by atoms with Crippen molar-refractivity contribution < 1.29 is 4.39 Å². The Hall–Kier alpha value is -6.00. The van der Waals surface area contributed by atoms with Gasteiger partial charge in [0.2, 0.25) is 0 Å². The van der Waals surface area contributed by atoms with E-state index in [-0.39, 0.29) is 5.82 Å². The molecule has 210 valence electrons. The summed E-state index contributed by atoms with van der Waals surface area (Å²) in [7, 11) is 0. The molecule has 9 rings (SSSR count). The zero-order chi connectivity index (χ0) is 29.9. The summed E-state index contributed by atoms with van der Waals surface area (Å²) in [6.45, 7) is 0. The Morgan fingerprint density at radius 3 is 1.98 bits per heavy atom. The highest BCUT2D eigenvalue weighted by molar-refractivity contribution is 6.23. The molecular formula is C41H24FN3. The summed E-state index contributed by atoms with van der Waals surface area (Å²) in [6, 6.07) is 44.7. The molecule has 0 aliphatic rings. The second kappa shape index (κ2) is 10.0. The average Bonchev–Trinajstić information content (AvgIpc) is 3.10. The first-order chi connectivity index (χ1) is 22.2. The van der Waals surface area contributed by atoms with Crippen LogP contribution in [0.3, 0.4) is 0 Å². The topological polar surface area (TPSA) is 38.7 Å². The van der Waals surface area contributed by atoms with E-state index in [0.29, 0.717) is 10.9 Å². The minimum absolute atomic E-state index is 0.294. The molecule has 0 unspecified atom stereocenters. The van der Waals surface area contributed by atoms with Crippen molar-refractivity contribution in [2.45, 2.75) is 0 Å². The van der Waals surface area contributed by atoms with E-state index >= 15 is 4.39 Å². The van der Waals surface area contributed by atoms with Crippen LogP contribution in [0.5, 0.6) is 0 Å². The number of fused-ring (bicyclic) bond motifs is 7. The first kappa shape index (κ1) is 25.5. The lowest BCUT2D eigenvalue weighted by molar-refractivity contribution is 0.641. The van der Waals surface area contributed by atoms with E-state index in [4.69, 9.17) is 9.97 Å². The summed E-state index contributed by atoms with van der Waals surface area (Å²) in [5, 5.41) is 8.81. The van der Waals surface area contributed by atoms with Crippen molar-refractivity contribution in [3.05, 3.63) is 152 Å². The van der Waals surface area contributed by atoms with Crippen molar-refractivity contribution in [1.82, 2.24) is 15.0 Å². The fourth-order valence-electron chi connectivity index (χ4n) is 6.76. The predicted octanol–water partition coefficient (Wildman–Crippen LogP) is 10.8. The van der Waals surface area contributed by atoms with Crippen LogP contribution in [0.4, 0.5) is 4.39 Å². The zero-order valence-electron chi connectivity index (χ0n) is 24.1. The van der Waals surface area contributed by atoms with Crippen LogP contribution in [0.25, 0.3) is 87.8 Å². The summed E-state index contributed by atoms with van der Waals surface area (Å²) in [6.07, 6.45) is 3.66. The molecule has 0 amide bonds. The summed E-state index contributed by atoms with van der Waals surface area (Å²) in [4.78, 5) is 14.9. The van der Waals surface area contributed by atoms with Gasteiger partial charge in [0.1, 0.15) is 5.82 Å². The van der Waals surface area contributed by atoms with Crippen molar-refractivity contribution >= 4 is 54.0 Å². The molecule has 0 atom stereocenters. The van der Waals surface area contributed by atoms with Gasteiger partial charge in [-0.2, -0.15) is 0 Å². The van der Waals surface area contributed by atoms with Crippen molar-refractivity contribution in [1.29, 1.82) is 0 Å². The average molecular weight is 578 g/mol. The molecule has 0 saturated heterocycles. The quantitative estimate of drug-likeness (QED) is 0.196. The molecular weight excluding hydrogens is 553 g/mol. The summed E-state index contributed by atoms with van der Waals surface area (Å²) in [5.74, 6) is -0.294. The Balaban J connectivity index is 1.27. The zero-order valence-corrected chi connectivity index (χ0v) is 24.1. The number of rotatable bonds is 3. The molecule has 0 saturated carbocycles. The number of benzene rings is 6. The van der Waals surface area contributed by atoms with E-state index in [0.717, 1.165) is 66.1 Å². The van der Waals surface area contributed by atoms with Gasteiger partial charge in [-0.1, -0.05) is 97.1 Å². The van der Waals surface area contributed by atoms with Crippen molar-refractivity contribution in [2.24, 2.45) is 0 Å². The van der Waals surface area contributed by atoms with Gasteiger partial charge in [0, 0.05) is 45.2 Å². The largest absolute Gasteiger partial charge is 0.255 e. The van der Waals surface area contributed by atoms with Crippen molar-refractivity contribution in [3.63, 3.8) is 0 Å². The Morgan fingerprint density at radius 1 is 0.444 bits per heavy atom. The molecule has 45 heavy (non-hydrogen) atoms. The number of hydrogen-bond donors (Lipinski definition) is 0. The predicted molar refractivity (Wildman–Crippen MR) is 184 cm³/mol. The monoisotopic (exact) mass is 577 g/mol. The SMILES string of the molecule is Fc1cc2c(-c3cccc(-c4cnc(-c5cccc6ccccc56)c5ccccc45)n3)cc3ccccc3c2c2ncccc12. The van der Waals surface area contributed by atoms with Crippen LogP contribution in [0, 0.1) is 5.82 Å². The summed E-state index contributed by atoms with van der Waals surface area (Å²) >= 11 is 0. The van der Waals surface area contributed by atoms with E-state index in [9.17, 15) is 0 Å². The van der Waals surface area contributed by atoms with Gasteiger partial charge in [-0.15, -0.1) is 0 Å². The maximum absolute atomic E-state index is 15.5. The van der Waals surface area contributed by atoms with E-state index in [1.165, 1.54) is 10.8 Å². The molecule has 0 fully saturated rings. The van der Waals surface area contributed by atoms with Gasteiger partial charge in [0.05, 0.1) is 22.6 Å². The van der Waals surface area contributed by atoms with Gasteiger partial charge in [0.15, 0.2) is 0 Å². The van der Waals surface area contributed by atoms with Crippen LogP contribution in [0.1, 0.15) is 0 Å². The Bertz CT molecular complexity index is 2620. The Morgan fingerprint density at radius 2 is 1.11 bits per heavy atom. The number of halogens is 1. The van der Waals surface area contributed by atoms with Crippen LogP contribution in [0.15, 0.2) is 146 Å². The fraction of sp³-hybridized carbons (Fsp3) is 0. The minimum atomic E-state index is -0.294. The number of pyridine rings is 3. The van der Waals surface area contributed by atoms with Gasteiger partial charge in [-0.05, 0) is 68.7 Å². The van der Waals surface area contributed by atoms with Crippen LogP contribution in [-0.4, -0.2) is 15.0 Å². The summed E-state index contributed by atoms with van der Waals surface area (Å²) < 4.78 is 15.5. The van der Waals surface area contributed by atoms with E-state index in [1.54, 1.807) is 24.4 Å².